The molecule has 0 aliphatic carbocycles. The van der Waals surface area contributed by atoms with Crippen molar-refractivity contribution in [3.8, 4) is 0 Å². The molecule has 0 bridgehead atoms. The number of nitrogens with one attached hydrogen (secondary N) is 1. The molecule has 2 rings (SSSR count). The number of ether oxygens (including phenoxy) is 1. The fourth-order valence-electron chi connectivity index (χ4n) is 1.90. The Labute approximate surface area is 123 Å². The van der Waals surface area contributed by atoms with E-state index in [1.54, 1.807) is 6.07 Å². The van der Waals surface area contributed by atoms with E-state index in [0.717, 1.165) is 28.4 Å². The van der Waals surface area contributed by atoms with Gasteiger partial charge < -0.3 is 15.8 Å². The number of carbonyl (C=O) groups excluding carboxylic acids is 1. The molecular formula is C12H14Br2N2O2. The monoisotopic (exact) mass is 376 g/mol. The summed E-state index contributed by atoms with van der Waals surface area (Å²) < 4.78 is 6.94. The van der Waals surface area contributed by atoms with E-state index in [4.69, 9.17) is 10.5 Å². The average molecular weight is 378 g/mol. The van der Waals surface area contributed by atoms with Crippen molar-refractivity contribution in [2.24, 2.45) is 5.92 Å². The van der Waals surface area contributed by atoms with Gasteiger partial charge >= 0.3 is 0 Å². The van der Waals surface area contributed by atoms with Crippen LogP contribution in [0, 0.1) is 5.92 Å². The second kappa shape index (κ2) is 6.04. The topological polar surface area (TPSA) is 64.3 Å². The normalized spacial score (nSPS) is 19.6. The molecule has 1 aliphatic heterocycles. The molecule has 0 spiro atoms. The summed E-state index contributed by atoms with van der Waals surface area (Å²) >= 11 is 6.74. The lowest BCUT2D eigenvalue weighted by atomic mass is 10.0. The summed E-state index contributed by atoms with van der Waals surface area (Å²) in [5.41, 5.74) is 7.04. The number of anilines is 2. The summed E-state index contributed by atoms with van der Waals surface area (Å²) in [5.74, 6) is -0.127. The summed E-state index contributed by atoms with van der Waals surface area (Å²) in [6.45, 7) is 1.23. The van der Waals surface area contributed by atoms with Crippen molar-refractivity contribution in [3.05, 3.63) is 21.1 Å². The molecule has 1 amide bonds. The zero-order chi connectivity index (χ0) is 13.1. The lowest BCUT2D eigenvalue weighted by Gasteiger charge is -2.22. The second-order valence-corrected chi connectivity index (χ2v) is 6.03. The highest BCUT2D eigenvalue weighted by Crippen LogP contribution is 2.33. The maximum Gasteiger partial charge on any atom is 0.229 e. The van der Waals surface area contributed by atoms with Crippen molar-refractivity contribution in [1.29, 1.82) is 0 Å². The maximum absolute atomic E-state index is 12.1. The van der Waals surface area contributed by atoms with Gasteiger partial charge in [0.05, 0.1) is 23.9 Å². The molecular weight excluding hydrogens is 364 g/mol. The number of nitrogens with two attached hydrogens (primary N) is 1. The number of hydrogen-bond donors (Lipinski definition) is 2. The molecule has 1 aromatic rings. The average Bonchev–Trinajstić information content (AvgIpc) is 2.34. The van der Waals surface area contributed by atoms with Crippen molar-refractivity contribution in [3.63, 3.8) is 0 Å². The Balaban J connectivity index is 2.11. The highest BCUT2D eigenvalue weighted by molar-refractivity contribution is 9.11. The predicted molar refractivity (Wildman–Crippen MR) is 78.4 cm³/mol. The lowest BCUT2D eigenvalue weighted by Crippen LogP contribution is -2.30. The van der Waals surface area contributed by atoms with Crippen LogP contribution < -0.4 is 11.1 Å². The molecule has 0 radical (unpaired) electrons. The molecule has 4 nitrogen and oxygen atoms in total. The van der Waals surface area contributed by atoms with Gasteiger partial charge in [-0.2, -0.15) is 0 Å². The van der Waals surface area contributed by atoms with Gasteiger partial charge in [0.1, 0.15) is 0 Å². The third kappa shape index (κ3) is 3.24. The Morgan fingerprint density at radius 2 is 2.22 bits per heavy atom. The smallest absolute Gasteiger partial charge is 0.229 e. The fourth-order valence-corrected chi connectivity index (χ4v) is 3.26. The quantitative estimate of drug-likeness (QED) is 0.778. The molecule has 6 heteroatoms. The lowest BCUT2D eigenvalue weighted by molar-refractivity contribution is -0.123. The molecule has 0 saturated carbocycles. The van der Waals surface area contributed by atoms with Gasteiger partial charge in [-0.05, 0) is 40.9 Å². The standard InChI is InChI=1S/C12H14Br2N2O2/c13-8-4-9(14)11(10(15)5-8)16-12(17)7-2-1-3-18-6-7/h4-5,7H,1-3,6,15H2,(H,16,17). The Bertz CT molecular complexity index is 436. The molecule has 1 fully saturated rings. The van der Waals surface area contributed by atoms with Gasteiger partial charge in [-0.1, -0.05) is 15.9 Å². The van der Waals surface area contributed by atoms with Gasteiger partial charge in [0.15, 0.2) is 0 Å². The number of carbonyl (C=O) groups is 1. The van der Waals surface area contributed by atoms with E-state index < -0.39 is 0 Å². The summed E-state index contributed by atoms with van der Waals surface area (Å²) in [6.07, 6.45) is 1.79. The van der Waals surface area contributed by atoms with Gasteiger partial charge in [-0.3, -0.25) is 4.79 Å². The van der Waals surface area contributed by atoms with E-state index >= 15 is 0 Å². The van der Waals surface area contributed by atoms with Crippen molar-refractivity contribution in [1.82, 2.24) is 0 Å². The first-order valence-corrected chi connectivity index (χ1v) is 7.29. The summed E-state index contributed by atoms with van der Waals surface area (Å²) in [4.78, 5) is 12.1. The van der Waals surface area contributed by atoms with Gasteiger partial charge in [-0.25, -0.2) is 0 Å². The van der Waals surface area contributed by atoms with Gasteiger partial charge in [0.25, 0.3) is 0 Å². The molecule has 0 aromatic heterocycles. The van der Waals surface area contributed by atoms with Crippen LogP contribution in [0.25, 0.3) is 0 Å². The predicted octanol–water partition coefficient (Wildman–Crippen LogP) is 3.16. The van der Waals surface area contributed by atoms with Crippen molar-refractivity contribution < 1.29 is 9.53 Å². The third-order valence-electron chi connectivity index (χ3n) is 2.86. The minimum absolute atomic E-state index is 0.0376. The number of hydrogen-bond acceptors (Lipinski definition) is 3. The number of rotatable bonds is 2. The molecule has 1 aromatic carbocycles. The van der Waals surface area contributed by atoms with Gasteiger partial charge in [0, 0.05) is 15.6 Å². The molecule has 1 atom stereocenters. The molecule has 3 N–H and O–H groups in total. The SMILES string of the molecule is Nc1cc(Br)cc(Br)c1NC(=O)C1CCCOC1. The largest absolute Gasteiger partial charge is 0.397 e. The maximum atomic E-state index is 12.1. The first-order valence-electron chi connectivity index (χ1n) is 5.71. The molecule has 98 valence electrons. The van der Waals surface area contributed by atoms with Crippen LogP contribution in [0.4, 0.5) is 11.4 Å². The van der Waals surface area contributed by atoms with E-state index in [1.807, 2.05) is 6.07 Å². The molecule has 1 saturated heterocycles. The number of nitrogen functional groups attached to an aromatic ring is 1. The Kier molecular flexibility index (Phi) is 4.64. The van der Waals surface area contributed by atoms with Crippen LogP contribution >= 0.6 is 31.9 Å². The number of benzene rings is 1. The van der Waals surface area contributed by atoms with Crippen LogP contribution in [0.2, 0.25) is 0 Å². The number of halogens is 2. The van der Waals surface area contributed by atoms with E-state index in [9.17, 15) is 4.79 Å². The zero-order valence-electron chi connectivity index (χ0n) is 9.71. The van der Waals surface area contributed by atoms with Crippen molar-refractivity contribution in [2.75, 3.05) is 24.3 Å². The van der Waals surface area contributed by atoms with Crippen LogP contribution in [-0.4, -0.2) is 19.1 Å². The zero-order valence-corrected chi connectivity index (χ0v) is 12.9. The Morgan fingerprint density at radius 3 is 2.83 bits per heavy atom. The summed E-state index contributed by atoms with van der Waals surface area (Å²) in [7, 11) is 0. The van der Waals surface area contributed by atoms with E-state index in [0.29, 0.717) is 18.0 Å². The summed E-state index contributed by atoms with van der Waals surface area (Å²) in [6, 6.07) is 3.61. The fraction of sp³-hybridized carbons (Fsp3) is 0.417. The number of amides is 1. The van der Waals surface area contributed by atoms with Gasteiger partial charge in [-0.15, -0.1) is 0 Å². The summed E-state index contributed by atoms with van der Waals surface area (Å²) in [5, 5.41) is 2.86. The Hall–Kier alpha value is -0.590. The second-order valence-electron chi connectivity index (χ2n) is 4.26. The van der Waals surface area contributed by atoms with Crippen molar-refractivity contribution >= 4 is 49.1 Å². The van der Waals surface area contributed by atoms with Crippen LogP contribution in [0.5, 0.6) is 0 Å². The molecule has 1 heterocycles. The van der Waals surface area contributed by atoms with Crippen LogP contribution in [-0.2, 0) is 9.53 Å². The first kappa shape index (κ1) is 13.8. The minimum atomic E-state index is -0.0892. The minimum Gasteiger partial charge on any atom is -0.397 e. The first-order chi connectivity index (χ1) is 8.58. The van der Waals surface area contributed by atoms with Crippen LogP contribution in [0.1, 0.15) is 12.8 Å². The Morgan fingerprint density at radius 1 is 1.44 bits per heavy atom. The third-order valence-corrected chi connectivity index (χ3v) is 3.95. The van der Waals surface area contributed by atoms with Crippen molar-refractivity contribution in [2.45, 2.75) is 12.8 Å². The van der Waals surface area contributed by atoms with Crippen LogP contribution in [0.15, 0.2) is 21.1 Å². The van der Waals surface area contributed by atoms with Gasteiger partial charge in [0.2, 0.25) is 5.91 Å². The van der Waals surface area contributed by atoms with E-state index in [2.05, 4.69) is 37.2 Å². The molecule has 1 aliphatic rings. The molecule has 1 unspecified atom stereocenters. The van der Waals surface area contributed by atoms with Crippen LogP contribution in [0.3, 0.4) is 0 Å². The molecule has 18 heavy (non-hydrogen) atoms. The highest BCUT2D eigenvalue weighted by atomic mass is 79.9. The van der Waals surface area contributed by atoms with E-state index in [-0.39, 0.29) is 11.8 Å². The highest BCUT2D eigenvalue weighted by Gasteiger charge is 2.23. The van der Waals surface area contributed by atoms with E-state index in [1.165, 1.54) is 0 Å².